The van der Waals surface area contributed by atoms with Gasteiger partial charge in [0.05, 0.1) is 11.2 Å². The Bertz CT molecular complexity index is 1170. The van der Waals surface area contributed by atoms with Crippen molar-refractivity contribution in [1.29, 1.82) is 0 Å². The Kier molecular flexibility index (Phi) is 4.58. The van der Waals surface area contributed by atoms with Gasteiger partial charge < -0.3 is 21.3 Å². The third kappa shape index (κ3) is 3.48. The summed E-state index contributed by atoms with van der Waals surface area (Å²) in [6, 6.07) is 9.46. The first kappa shape index (κ1) is 19.1. The first-order chi connectivity index (χ1) is 15.0. The van der Waals surface area contributed by atoms with Crippen LogP contribution < -0.4 is 16.4 Å². The van der Waals surface area contributed by atoms with E-state index in [1.165, 1.54) is 10.8 Å². The number of likely N-dealkylation sites (tertiary alicyclic amines) is 1. The van der Waals surface area contributed by atoms with E-state index in [9.17, 15) is 14.4 Å². The molecule has 0 unspecified atom stereocenters. The van der Waals surface area contributed by atoms with Crippen molar-refractivity contribution in [3.05, 3.63) is 60.6 Å². The molecule has 1 aliphatic carbocycles. The maximum absolute atomic E-state index is 13.2. The van der Waals surface area contributed by atoms with Gasteiger partial charge in [-0.2, -0.15) is 0 Å². The van der Waals surface area contributed by atoms with Crippen molar-refractivity contribution in [2.75, 3.05) is 5.32 Å². The monoisotopic (exact) mass is 418 g/mol. The molecule has 3 atom stereocenters. The average Bonchev–Trinajstić information content (AvgIpc) is 3.28. The summed E-state index contributed by atoms with van der Waals surface area (Å²) in [5.41, 5.74) is 7.46. The number of piperidine rings is 1. The Balaban J connectivity index is 1.33. The SMILES string of the molecule is NC(=O)n1cc(NC(=O)N2[C@@H]3C[C@@H]3C[C@H]2C(=O)NCc2cccnc2)c2ccccc21. The third-order valence-corrected chi connectivity index (χ3v) is 6.02. The van der Waals surface area contributed by atoms with Gasteiger partial charge in [-0.1, -0.05) is 24.3 Å². The fourth-order valence-electron chi connectivity index (χ4n) is 4.43. The number of primary amides is 1. The summed E-state index contributed by atoms with van der Waals surface area (Å²) in [6.07, 6.45) is 6.45. The van der Waals surface area contributed by atoms with E-state index < -0.39 is 12.1 Å². The van der Waals surface area contributed by atoms with E-state index in [-0.39, 0.29) is 18.0 Å². The predicted molar refractivity (Wildman–Crippen MR) is 114 cm³/mol. The van der Waals surface area contributed by atoms with E-state index in [1.54, 1.807) is 29.4 Å². The normalized spacial score (nSPS) is 21.5. The molecule has 0 bridgehead atoms. The smallest absolute Gasteiger partial charge is 0.323 e. The van der Waals surface area contributed by atoms with Crippen LogP contribution in [0.2, 0.25) is 0 Å². The van der Waals surface area contributed by atoms with Gasteiger partial charge >= 0.3 is 12.1 Å². The number of benzene rings is 1. The highest BCUT2D eigenvalue weighted by atomic mass is 16.2. The molecule has 158 valence electrons. The van der Waals surface area contributed by atoms with Crippen LogP contribution in [0.3, 0.4) is 0 Å². The number of fused-ring (bicyclic) bond motifs is 2. The number of nitrogens with zero attached hydrogens (tertiary/aromatic N) is 3. The lowest BCUT2D eigenvalue weighted by molar-refractivity contribution is -0.125. The van der Waals surface area contributed by atoms with E-state index >= 15 is 0 Å². The summed E-state index contributed by atoms with van der Waals surface area (Å²) in [4.78, 5) is 43.5. The molecule has 5 rings (SSSR count). The molecular weight excluding hydrogens is 396 g/mol. The Hall–Kier alpha value is -3.88. The van der Waals surface area contributed by atoms with Gasteiger partial charge in [0.25, 0.3) is 0 Å². The van der Waals surface area contributed by atoms with Crippen LogP contribution in [-0.4, -0.2) is 44.5 Å². The average molecular weight is 418 g/mol. The second-order valence-corrected chi connectivity index (χ2v) is 8.00. The number of carbonyl (C=O) groups is 3. The van der Waals surface area contributed by atoms with E-state index in [4.69, 9.17) is 5.73 Å². The van der Waals surface area contributed by atoms with Crippen LogP contribution in [0.15, 0.2) is 55.0 Å². The first-order valence-corrected chi connectivity index (χ1v) is 10.2. The zero-order chi connectivity index (χ0) is 21.5. The molecule has 0 spiro atoms. The number of carbonyl (C=O) groups excluding carboxylic acids is 3. The Morgan fingerprint density at radius 1 is 1.13 bits per heavy atom. The molecule has 3 heterocycles. The molecule has 1 aromatic carbocycles. The molecule has 4 amide bonds. The second-order valence-electron chi connectivity index (χ2n) is 8.00. The van der Waals surface area contributed by atoms with Crippen LogP contribution >= 0.6 is 0 Å². The maximum Gasteiger partial charge on any atom is 0.323 e. The Morgan fingerprint density at radius 2 is 1.97 bits per heavy atom. The maximum atomic E-state index is 13.2. The number of pyridine rings is 1. The summed E-state index contributed by atoms with van der Waals surface area (Å²) in [5, 5.41) is 6.51. The van der Waals surface area contributed by atoms with Crippen LogP contribution in [0.4, 0.5) is 15.3 Å². The highest BCUT2D eigenvalue weighted by Crippen LogP contribution is 2.48. The molecule has 2 aromatic heterocycles. The highest BCUT2D eigenvalue weighted by molar-refractivity contribution is 6.05. The molecular formula is C22H22N6O3. The van der Waals surface area contributed by atoms with Crippen LogP contribution in [0.5, 0.6) is 0 Å². The first-order valence-electron chi connectivity index (χ1n) is 10.2. The minimum atomic E-state index is -0.632. The molecule has 0 radical (unpaired) electrons. The van der Waals surface area contributed by atoms with Gasteiger partial charge in [0.1, 0.15) is 6.04 Å². The van der Waals surface area contributed by atoms with E-state index in [0.717, 1.165) is 12.0 Å². The topological polar surface area (TPSA) is 122 Å². The standard InChI is InChI=1S/C22H22N6O3/c23-21(30)27-12-16(15-5-1-2-6-17(15)27)26-22(31)28-18-8-14(18)9-19(28)20(29)25-11-13-4-3-7-24-10-13/h1-7,10,12,14,18-19H,8-9,11H2,(H2,23,30)(H,25,29)(H,26,31)/t14-,18-,19+/m1/s1. The number of rotatable bonds is 4. The van der Waals surface area contributed by atoms with Crippen LogP contribution in [0.25, 0.3) is 10.9 Å². The molecule has 2 aliphatic rings. The fraction of sp³-hybridized carbons (Fsp3) is 0.273. The zero-order valence-electron chi connectivity index (χ0n) is 16.7. The number of nitrogens with one attached hydrogen (secondary N) is 2. The van der Waals surface area contributed by atoms with Gasteiger partial charge in [0.15, 0.2) is 0 Å². The van der Waals surface area contributed by atoms with Gasteiger partial charge in [0.2, 0.25) is 5.91 Å². The summed E-state index contributed by atoms with van der Waals surface area (Å²) in [7, 11) is 0. The lowest BCUT2D eigenvalue weighted by atomic mass is 10.1. The van der Waals surface area contributed by atoms with Crippen molar-refractivity contribution in [1.82, 2.24) is 19.8 Å². The molecule has 3 aromatic rings. The van der Waals surface area contributed by atoms with E-state index in [2.05, 4.69) is 15.6 Å². The molecule has 1 aliphatic heterocycles. The van der Waals surface area contributed by atoms with Crippen molar-refractivity contribution >= 4 is 34.6 Å². The molecule has 9 nitrogen and oxygen atoms in total. The van der Waals surface area contributed by atoms with Gasteiger partial charge in [-0.3, -0.25) is 14.3 Å². The van der Waals surface area contributed by atoms with Gasteiger partial charge in [-0.15, -0.1) is 0 Å². The lowest BCUT2D eigenvalue weighted by Crippen LogP contribution is -2.49. The van der Waals surface area contributed by atoms with Crippen LogP contribution in [0.1, 0.15) is 18.4 Å². The molecule has 1 saturated carbocycles. The van der Waals surface area contributed by atoms with Crippen molar-refractivity contribution in [2.24, 2.45) is 11.7 Å². The lowest BCUT2D eigenvalue weighted by Gasteiger charge is -2.27. The Labute approximate surface area is 178 Å². The molecule has 1 saturated heterocycles. The number of para-hydroxylation sites is 1. The number of anilines is 1. The van der Waals surface area contributed by atoms with Crippen molar-refractivity contribution in [3.8, 4) is 0 Å². The van der Waals surface area contributed by atoms with Gasteiger partial charge in [0, 0.05) is 36.6 Å². The van der Waals surface area contributed by atoms with E-state index in [1.807, 2.05) is 24.3 Å². The summed E-state index contributed by atoms with van der Waals surface area (Å²) in [6.45, 7) is 0.361. The minimum Gasteiger partial charge on any atom is -0.351 e. The molecule has 9 heteroatoms. The number of hydrogen-bond acceptors (Lipinski definition) is 4. The number of hydrogen-bond donors (Lipinski definition) is 3. The summed E-state index contributed by atoms with van der Waals surface area (Å²) >= 11 is 0. The third-order valence-electron chi connectivity index (χ3n) is 6.02. The number of urea groups is 1. The van der Waals surface area contributed by atoms with Gasteiger partial charge in [-0.05, 0) is 36.5 Å². The van der Waals surface area contributed by atoms with Crippen molar-refractivity contribution in [2.45, 2.75) is 31.5 Å². The van der Waals surface area contributed by atoms with Crippen molar-refractivity contribution < 1.29 is 14.4 Å². The second kappa shape index (κ2) is 7.42. The number of nitrogens with two attached hydrogens (primary N) is 1. The Morgan fingerprint density at radius 3 is 2.74 bits per heavy atom. The largest absolute Gasteiger partial charge is 0.351 e. The predicted octanol–water partition coefficient (Wildman–Crippen LogP) is 2.27. The molecule has 4 N–H and O–H groups in total. The summed E-state index contributed by atoms with van der Waals surface area (Å²) in [5.74, 6) is 0.178. The van der Waals surface area contributed by atoms with Gasteiger partial charge in [-0.25, -0.2) is 9.59 Å². The molecule has 2 fully saturated rings. The van der Waals surface area contributed by atoms with Crippen LogP contribution in [-0.2, 0) is 11.3 Å². The minimum absolute atomic E-state index is 0.0682. The number of amides is 4. The molecule has 31 heavy (non-hydrogen) atoms. The fourth-order valence-corrected chi connectivity index (χ4v) is 4.43. The number of aromatic nitrogens is 2. The van der Waals surface area contributed by atoms with Crippen molar-refractivity contribution in [3.63, 3.8) is 0 Å². The zero-order valence-corrected chi connectivity index (χ0v) is 16.7. The quantitative estimate of drug-likeness (QED) is 0.601. The van der Waals surface area contributed by atoms with E-state index in [0.29, 0.717) is 35.5 Å². The highest BCUT2D eigenvalue weighted by Gasteiger charge is 2.56. The van der Waals surface area contributed by atoms with Crippen LogP contribution in [0, 0.1) is 5.92 Å². The summed E-state index contributed by atoms with van der Waals surface area (Å²) < 4.78 is 1.30.